The van der Waals surface area contributed by atoms with E-state index in [4.69, 9.17) is 0 Å². The smallest absolute Gasteiger partial charge is 0.261 e. The molecule has 0 fully saturated rings. The highest BCUT2D eigenvalue weighted by Gasteiger charge is 2.50. The second-order valence-electron chi connectivity index (χ2n) is 21.7. The lowest BCUT2D eigenvalue weighted by molar-refractivity contribution is -0.124. The maximum atomic E-state index is 15.7. The molecular weight excluding hydrogens is 1030 g/mol. The Morgan fingerprint density at radius 3 is 1.05 bits per heavy atom. The third-order valence-corrected chi connectivity index (χ3v) is 21.9. The Labute approximate surface area is 472 Å². The standard InChI is InChI=1S/C70H60N2O2S4/c1-5-9-13-41(7-3)39-71-67(59-37-35-57(77-59)55-33-31-53(75-55)49-27-23-47-21-19-43-15-11-17-45-25-29-51(49)63(47)61(43)45)65-66(69(71)73)68(72(70(65)74)40-42(8-4)14-10-6-2)60-38-36-58(78-60)56-34-32-54(76-56)50-28-24-48-22-20-44-16-12-18-46-26-30-52(50)64(48)62(44)46/h11-12,15-38,41-42H,5-10,13-14,39-40H2,1-4H3. The van der Waals surface area contributed by atoms with Gasteiger partial charge in [-0.15, -0.1) is 45.3 Å². The van der Waals surface area contributed by atoms with Crippen molar-refractivity contribution in [2.75, 3.05) is 13.1 Å². The molecule has 2 aliphatic heterocycles. The first-order valence-corrected chi connectivity index (χ1v) is 31.5. The molecule has 12 aromatic rings. The van der Waals surface area contributed by atoms with Crippen molar-refractivity contribution in [1.29, 1.82) is 0 Å². The van der Waals surface area contributed by atoms with E-state index in [1.165, 1.54) is 95.3 Å². The molecule has 0 saturated heterocycles. The number of hydrogen-bond donors (Lipinski definition) is 0. The van der Waals surface area contributed by atoms with Gasteiger partial charge in [-0.25, -0.2) is 0 Å². The fourth-order valence-electron chi connectivity index (χ4n) is 12.9. The minimum Gasteiger partial charge on any atom is -0.306 e. The Morgan fingerprint density at radius 1 is 0.359 bits per heavy atom. The fourth-order valence-corrected chi connectivity index (χ4v) is 17.3. The van der Waals surface area contributed by atoms with E-state index in [-0.39, 0.29) is 11.8 Å². The normalized spacial score (nSPS) is 15.0. The highest BCUT2D eigenvalue weighted by molar-refractivity contribution is 7.25. The van der Waals surface area contributed by atoms with Gasteiger partial charge >= 0.3 is 0 Å². The van der Waals surface area contributed by atoms with Crippen LogP contribution in [0.1, 0.15) is 88.8 Å². The maximum Gasteiger partial charge on any atom is 0.261 e. The molecule has 0 spiro atoms. The maximum absolute atomic E-state index is 15.7. The molecule has 0 bridgehead atoms. The SMILES string of the molecule is CCCCC(CC)CN1C(=O)C2=C(c3ccc(-c4ccc(-c5ccc6ccc7cccc8ccc5c6c78)s4)s3)N(CC(CC)CCCC)C(=O)C2=C1c1ccc(-c2ccc(-c3ccc4ccc5cccc6ccc3c4c56)s2)s1. The van der Waals surface area contributed by atoms with Crippen molar-refractivity contribution in [2.45, 2.75) is 79.1 Å². The number of rotatable bonds is 18. The van der Waals surface area contributed by atoms with Gasteiger partial charge in [-0.1, -0.05) is 175 Å². The molecule has 8 heteroatoms. The van der Waals surface area contributed by atoms with Gasteiger partial charge in [0.25, 0.3) is 11.8 Å². The summed E-state index contributed by atoms with van der Waals surface area (Å²) in [7, 11) is 0. The zero-order chi connectivity index (χ0) is 52.8. The van der Waals surface area contributed by atoms with Crippen LogP contribution < -0.4 is 0 Å². The molecule has 2 amide bonds. The molecule has 8 aromatic carbocycles. The summed E-state index contributed by atoms with van der Waals surface area (Å²) in [6.07, 6.45) is 8.46. The molecule has 78 heavy (non-hydrogen) atoms. The van der Waals surface area contributed by atoms with Gasteiger partial charge in [0.15, 0.2) is 0 Å². The Bertz CT molecular complexity index is 4060. The van der Waals surface area contributed by atoms with E-state index in [0.717, 1.165) is 82.3 Å². The Balaban J connectivity index is 0.861. The monoisotopic (exact) mass is 1090 g/mol. The molecule has 4 aromatic heterocycles. The average molecular weight is 1090 g/mol. The summed E-state index contributed by atoms with van der Waals surface area (Å²) >= 11 is 7.06. The summed E-state index contributed by atoms with van der Waals surface area (Å²) in [6.45, 7) is 10.2. The Hall–Kier alpha value is -6.94. The van der Waals surface area contributed by atoms with Crippen LogP contribution in [0.5, 0.6) is 0 Å². The Morgan fingerprint density at radius 2 is 0.679 bits per heavy atom. The number of unbranched alkanes of at least 4 members (excludes halogenated alkanes) is 2. The minimum absolute atomic E-state index is 0.0351. The van der Waals surface area contributed by atoms with Gasteiger partial charge in [-0.2, -0.15) is 0 Å². The van der Waals surface area contributed by atoms with E-state index in [2.05, 4.69) is 185 Å². The zero-order valence-corrected chi connectivity index (χ0v) is 47.8. The number of hydrogen-bond acceptors (Lipinski definition) is 6. The first kappa shape index (κ1) is 49.4. The topological polar surface area (TPSA) is 40.6 Å². The minimum atomic E-state index is -0.0351. The van der Waals surface area contributed by atoms with Gasteiger partial charge in [0.2, 0.25) is 0 Å². The summed E-state index contributed by atoms with van der Waals surface area (Å²) in [5.74, 6) is 0.562. The van der Waals surface area contributed by atoms with Gasteiger partial charge < -0.3 is 9.80 Å². The molecule has 2 atom stereocenters. The zero-order valence-electron chi connectivity index (χ0n) is 44.6. The summed E-state index contributed by atoms with van der Waals surface area (Å²) < 4.78 is 0. The number of nitrogens with zero attached hydrogens (tertiary/aromatic N) is 2. The van der Waals surface area contributed by atoms with E-state index >= 15 is 9.59 Å². The van der Waals surface area contributed by atoms with Crippen LogP contribution >= 0.6 is 45.3 Å². The van der Waals surface area contributed by atoms with Crippen molar-refractivity contribution < 1.29 is 9.59 Å². The molecule has 0 saturated carbocycles. The Kier molecular flexibility index (Phi) is 12.7. The molecule has 6 heterocycles. The summed E-state index contributed by atoms with van der Waals surface area (Å²) in [5, 5.41) is 15.5. The molecule has 0 radical (unpaired) electrons. The summed E-state index contributed by atoms with van der Waals surface area (Å²) in [4.78, 5) is 44.5. The molecule has 0 aliphatic carbocycles. The van der Waals surface area contributed by atoms with Crippen LogP contribution in [0.2, 0.25) is 0 Å². The third kappa shape index (κ3) is 8.07. The van der Waals surface area contributed by atoms with Crippen LogP contribution in [0, 0.1) is 11.8 Å². The number of fused-ring (bicyclic) bond motifs is 1. The van der Waals surface area contributed by atoms with E-state index in [1.54, 1.807) is 22.7 Å². The quantitative estimate of drug-likeness (QED) is 0.0804. The van der Waals surface area contributed by atoms with Crippen molar-refractivity contribution in [3.05, 3.63) is 179 Å². The lowest BCUT2D eigenvalue weighted by Crippen LogP contribution is -2.34. The second-order valence-corrected chi connectivity index (χ2v) is 26.0. The molecule has 2 aliphatic rings. The first-order valence-electron chi connectivity index (χ1n) is 28.2. The highest BCUT2D eigenvalue weighted by Crippen LogP contribution is 2.53. The van der Waals surface area contributed by atoms with E-state index in [1.807, 2.05) is 32.5 Å². The van der Waals surface area contributed by atoms with Crippen molar-refractivity contribution in [3.8, 4) is 40.4 Å². The summed E-state index contributed by atoms with van der Waals surface area (Å²) in [6, 6.07) is 58.2. The summed E-state index contributed by atoms with van der Waals surface area (Å²) in [5.41, 5.74) is 5.25. The van der Waals surface area contributed by atoms with Crippen molar-refractivity contribution in [3.63, 3.8) is 0 Å². The van der Waals surface area contributed by atoms with Crippen LogP contribution in [0.25, 0.3) is 116 Å². The van der Waals surface area contributed by atoms with Gasteiger partial charge in [-0.05, 0) is 149 Å². The number of carbonyl (C=O) groups excluding carboxylic acids is 2. The lowest BCUT2D eigenvalue weighted by atomic mass is 9.91. The number of benzene rings is 8. The highest BCUT2D eigenvalue weighted by atomic mass is 32.1. The van der Waals surface area contributed by atoms with Crippen molar-refractivity contribution >= 4 is 133 Å². The van der Waals surface area contributed by atoms with Gasteiger partial charge in [0.05, 0.1) is 32.3 Å². The van der Waals surface area contributed by atoms with Crippen LogP contribution in [0.4, 0.5) is 0 Å². The van der Waals surface area contributed by atoms with Crippen molar-refractivity contribution in [2.24, 2.45) is 11.8 Å². The van der Waals surface area contributed by atoms with Crippen LogP contribution in [-0.4, -0.2) is 34.7 Å². The van der Waals surface area contributed by atoms with Crippen molar-refractivity contribution in [1.82, 2.24) is 9.80 Å². The molecule has 2 unspecified atom stereocenters. The van der Waals surface area contributed by atoms with Crippen LogP contribution in [0.15, 0.2) is 169 Å². The molecular formula is C70H60N2O2S4. The molecule has 0 N–H and O–H groups in total. The van der Waals surface area contributed by atoms with Crippen LogP contribution in [0.3, 0.4) is 0 Å². The van der Waals surface area contributed by atoms with E-state index in [0.29, 0.717) is 36.1 Å². The molecule has 4 nitrogen and oxygen atoms in total. The number of amides is 2. The predicted molar refractivity (Wildman–Crippen MR) is 337 cm³/mol. The van der Waals surface area contributed by atoms with Gasteiger partial charge in [0.1, 0.15) is 0 Å². The fraction of sp³-hybridized carbons (Fsp3) is 0.229. The van der Waals surface area contributed by atoms with E-state index in [9.17, 15) is 0 Å². The second kappa shape index (κ2) is 20.1. The lowest BCUT2D eigenvalue weighted by Gasteiger charge is -2.29. The third-order valence-electron chi connectivity index (χ3n) is 17.1. The van der Waals surface area contributed by atoms with Gasteiger partial charge in [0, 0.05) is 42.4 Å². The molecule has 14 rings (SSSR count). The average Bonchev–Trinajstić information content (AvgIpc) is 4.50. The van der Waals surface area contributed by atoms with Crippen LogP contribution in [-0.2, 0) is 9.59 Å². The largest absolute Gasteiger partial charge is 0.306 e. The predicted octanol–water partition coefficient (Wildman–Crippen LogP) is 20.6. The van der Waals surface area contributed by atoms with Gasteiger partial charge in [-0.3, -0.25) is 9.59 Å². The number of carbonyl (C=O) groups is 2. The first-order chi connectivity index (χ1) is 38.3. The number of thiophene rings is 4. The van der Waals surface area contributed by atoms with E-state index < -0.39 is 0 Å². The molecule has 386 valence electrons.